The number of hydrogen-bond acceptors (Lipinski definition) is 4. The van der Waals surface area contributed by atoms with Gasteiger partial charge in [-0.1, -0.05) is 37.1 Å². The van der Waals surface area contributed by atoms with E-state index in [1.54, 1.807) is 7.11 Å². The summed E-state index contributed by atoms with van der Waals surface area (Å²) in [7, 11) is 5.98. The molecule has 0 aromatic heterocycles. The van der Waals surface area contributed by atoms with Crippen LogP contribution in [0.1, 0.15) is 55.3 Å². The first-order chi connectivity index (χ1) is 14.9. The zero-order valence-electron chi connectivity index (χ0n) is 18.9. The van der Waals surface area contributed by atoms with Crippen molar-refractivity contribution in [1.29, 1.82) is 0 Å². The second-order valence-electron chi connectivity index (χ2n) is 9.47. The number of likely N-dealkylation sites (N-methyl/N-ethyl adjacent to an activating group) is 1. The van der Waals surface area contributed by atoms with Gasteiger partial charge in [-0.2, -0.15) is 0 Å². The second kappa shape index (κ2) is 9.31. The summed E-state index contributed by atoms with van der Waals surface area (Å²) in [6.07, 6.45) is 4.85. The number of rotatable bonds is 7. The van der Waals surface area contributed by atoms with E-state index >= 15 is 0 Å². The van der Waals surface area contributed by atoms with E-state index in [1.165, 1.54) is 18.4 Å². The largest absolute Gasteiger partial charge is 0.497 e. The predicted molar refractivity (Wildman–Crippen MR) is 120 cm³/mol. The Balaban J connectivity index is 1.61. The molecule has 1 aliphatic heterocycles. The molecule has 2 aliphatic rings. The Bertz CT molecular complexity index is 887. The molecule has 1 saturated heterocycles. The third kappa shape index (κ3) is 5.21. The maximum atomic E-state index is 13.4. The Morgan fingerprint density at radius 1 is 0.968 bits per heavy atom. The van der Waals surface area contributed by atoms with Crippen molar-refractivity contribution in [2.75, 3.05) is 34.3 Å². The van der Waals surface area contributed by atoms with Gasteiger partial charge in [0.05, 0.1) is 27.7 Å². The van der Waals surface area contributed by atoms with Crippen molar-refractivity contribution >= 4 is 5.97 Å². The summed E-state index contributed by atoms with van der Waals surface area (Å²) in [5, 5.41) is 0. The highest BCUT2D eigenvalue weighted by molar-refractivity contribution is 5.78. The Hall–Kier alpha value is -2.53. The zero-order chi connectivity index (χ0) is 21.8. The first-order valence-electron chi connectivity index (χ1n) is 11.4. The topological polar surface area (TPSA) is 44.8 Å². The maximum Gasteiger partial charge on any atom is 0.352 e. The lowest BCUT2D eigenvalue weighted by atomic mass is 9.90. The standard InChI is InChI=1S/C26H34NO4/c1-27(2)17-16-22(18-27)31-26(28)25(30-21-14-12-20(29-3)13-15-21)24-11-7-6-10-23(24)19-8-4-5-9-19/h6-7,10-15,19,22,25H,4-5,8-9,16-18H2,1-3H3/q+1. The van der Waals surface area contributed by atoms with Crippen LogP contribution in [0.4, 0.5) is 0 Å². The summed E-state index contributed by atoms with van der Waals surface area (Å²) < 4.78 is 18.4. The first-order valence-corrected chi connectivity index (χ1v) is 11.4. The molecule has 1 aliphatic carbocycles. The van der Waals surface area contributed by atoms with Gasteiger partial charge in [0.25, 0.3) is 0 Å². The molecule has 0 radical (unpaired) electrons. The fourth-order valence-electron chi connectivity index (χ4n) is 4.94. The van der Waals surface area contributed by atoms with Crippen LogP contribution < -0.4 is 9.47 Å². The molecule has 5 nitrogen and oxygen atoms in total. The monoisotopic (exact) mass is 424 g/mol. The van der Waals surface area contributed by atoms with Crippen molar-refractivity contribution in [2.24, 2.45) is 0 Å². The SMILES string of the molecule is COc1ccc(OC(C(=O)OC2CC[N+](C)(C)C2)c2ccccc2C2CCCC2)cc1. The van der Waals surface area contributed by atoms with Crippen LogP contribution in [0.2, 0.25) is 0 Å². The van der Waals surface area contributed by atoms with E-state index in [0.29, 0.717) is 11.7 Å². The highest BCUT2D eigenvalue weighted by Crippen LogP contribution is 2.39. The lowest BCUT2D eigenvalue weighted by molar-refractivity contribution is -0.879. The number of hydrogen-bond donors (Lipinski definition) is 0. The fraction of sp³-hybridized carbons (Fsp3) is 0.500. The van der Waals surface area contributed by atoms with Crippen molar-refractivity contribution in [1.82, 2.24) is 0 Å². The molecule has 2 fully saturated rings. The summed E-state index contributed by atoms with van der Waals surface area (Å²) >= 11 is 0. The molecular weight excluding hydrogens is 390 g/mol. The predicted octanol–water partition coefficient (Wildman–Crippen LogP) is 4.86. The lowest BCUT2D eigenvalue weighted by Gasteiger charge is -2.25. The maximum absolute atomic E-state index is 13.4. The number of ether oxygens (including phenoxy) is 3. The average Bonchev–Trinajstić information content (AvgIpc) is 3.42. The van der Waals surface area contributed by atoms with Gasteiger partial charge in [0.1, 0.15) is 18.0 Å². The van der Waals surface area contributed by atoms with E-state index in [2.05, 4.69) is 26.2 Å². The van der Waals surface area contributed by atoms with Gasteiger partial charge in [-0.05, 0) is 48.6 Å². The van der Waals surface area contributed by atoms with Gasteiger partial charge in [-0.25, -0.2) is 4.79 Å². The van der Waals surface area contributed by atoms with Crippen LogP contribution in [-0.4, -0.2) is 50.9 Å². The van der Waals surface area contributed by atoms with Gasteiger partial charge < -0.3 is 18.7 Å². The van der Waals surface area contributed by atoms with Crippen molar-refractivity contribution in [3.05, 3.63) is 59.7 Å². The number of carbonyl (C=O) groups excluding carboxylic acids is 1. The number of esters is 1. The quantitative estimate of drug-likeness (QED) is 0.470. The zero-order valence-corrected chi connectivity index (χ0v) is 18.9. The third-order valence-electron chi connectivity index (χ3n) is 6.64. The van der Waals surface area contributed by atoms with Gasteiger partial charge in [-0.15, -0.1) is 0 Å². The van der Waals surface area contributed by atoms with E-state index in [4.69, 9.17) is 14.2 Å². The molecule has 5 heteroatoms. The number of likely N-dealkylation sites (tertiary alicyclic amines) is 1. The van der Waals surface area contributed by atoms with Crippen LogP contribution in [0.15, 0.2) is 48.5 Å². The van der Waals surface area contributed by atoms with E-state index in [1.807, 2.05) is 36.4 Å². The summed E-state index contributed by atoms with van der Waals surface area (Å²) in [4.78, 5) is 13.4. The molecule has 0 spiro atoms. The molecule has 1 heterocycles. The molecule has 2 atom stereocenters. The third-order valence-corrected chi connectivity index (χ3v) is 6.64. The summed E-state index contributed by atoms with van der Waals surface area (Å²) in [6.45, 7) is 1.85. The van der Waals surface area contributed by atoms with Crippen LogP contribution in [0.3, 0.4) is 0 Å². The minimum Gasteiger partial charge on any atom is -0.497 e. The smallest absolute Gasteiger partial charge is 0.352 e. The van der Waals surface area contributed by atoms with Crippen molar-refractivity contribution in [3.63, 3.8) is 0 Å². The lowest BCUT2D eigenvalue weighted by Crippen LogP contribution is -2.38. The van der Waals surface area contributed by atoms with E-state index in [-0.39, 0.29) is 12.1 Å². The molecule has 166 valence electrons. The Kier molecular flexibility index (Phi) is 6.51. The summed E-state index contributed by atoms with van der Waals surface area (Å²) in [5.41, 5.74) is 2.15. The molecule has 1 saturated carbocycles. The number of benzene rings is 2. The number of methoxy groups -OCH3 is 1. The molecule has 31 heavy (non-hydrogen) atoms. The van der Waals surface area contributed by atoms with Crippen molar-refractivity contribution in [2.45, 2.75) is 50.2 Å². The molecule has 2 aromatic carbocycles. The van der Waals surface area contributed by atoms with Crippen LogP contribution in [0.5, 0.6) is 11.5 Å². The molecule has 0 amide bonds. The number of carbonyl (C=O) groups is 1. The van der Waals surface area contributed by atoms with E-state index < -0.39 is 6.10 Å². The van der Waals surface area contributed by atoms with E-state index in [9.17, 15) is 4.79 Å². The van der Waals surface area contributed by atoms with Gasteiger partial charge in [0, 0.05) is 12.0 Å². The van der Waals surface area contributed by atoms with Crippen LogP contribution >= 0.6 is 0 Å². The summed E-state index contributed by atoms with van der Waals surface area (Å²) in [6, 6.07) is 15.6. The van der Waals surface area contributed by atoms with E-state index in [0.717, 1.165) is 48.1 Å². The molecule has 4 rings (SSSR count). The summed E-state index contributed by atoms with van der Waals surface area (Å²) in [5.74, 6) is 1.57. The molecule has 2 unspecified atom stereocenters. The van der Waals surface area contributed by atoms with Gasteiger partial charge in [-0.3, -0.25) is 0 Å². The molecular formula is C26H34NO4+. The van der Waals surface area contributed by atoms with Crippen molar-refractivity contribution < 1.29 is 23.5 Å². The highest BCUT2D eigenvalue weighted by Gasteiger charge is 2.37. The van der Waals surface area contributed by atoms with Gasteiger partial charge >= 0.3 is 5.97 Å². The Labute approximate surface area is 185 Å². The Morgan fingerprint density at radius 3 is 2.29 bits per heavy atom. The van der Waals surface area contributed by atoms with Crippen LogP contribution in [0.25, 0.3) is 0 Å². The fourth-order valence-corrected chi connectivity index (χ4v) is 4.94. The second-order valence-corrected chi connectivity index (χ2v) is 9.47. The molecule has 0 N–H and O–H groups in total. The van der Waals surface area contributed by atoms with Gasteiger partial charge in [0.2, 0.25) is 6.10 Å². The normalized spacial score (nSPS) is 21.6. The highest BCUT2D eigenvalue weighted by atomic mass is 16.6. The molecule has 2 aromatic rings. The number of quaternary nitrogens is 1. The minimum atomic E-state index is -0.776. The first kappa shape index (κ1) is 21.7. The van der Waals surface area contributed by atoms with Crippen molar-refractivity contribution in [3.8, 4) is 11.5 Å². The van der Waals surface area contributed by atoms with Gasteiger partial charge in [0.15, 0.2) is 6.10 Å². The van der Waals surface area contributed by atoms with Crippen LogP contribution in [-0.2, 0) is 9.53 Å². The Morgan fingerprint density at radius 2 is 1.65 bits per heavy atom. The number of nitrogens with zero attached hydrogens (tertiary/aromatic N) is 1. The molecule has 0 bridgehead atoms. The minimum absolute atomic E-state index is 0.0666. The van der Waals surface area contributed by atoms with Crippen LogP contribution in [0, 0.1) is 0 Å². The average molecular weight is 425 g/mol.